The summed E-state index contributed by atoms with van der Waals surface area (Å²) in [5.41, 5.74) is 0.905. The zero-order chi connectivity index (χ0) is 18.5. The molecule has 26 heavy (non-hydrogen) atoms. The molecule has 2 N–H and O–H groups in total. The molecule has 0 aliphatic carbocycles. The number of hydrogen-bond donors (Lipinski definition) is 2. The second-order valence-electron chi connectivity index (χ2n) is 5.00. The first-order valence-corrected chi connectivity index (χ1v) is 11.6. The van der Waals surface area contributed by atoms with Crippen LogP contribution in [0, 0.1) is 11.3 Å². The van der Waals surface area contributed by atoms with Crippen molar-refractivity contribution in [1.29, 1.82) is 5.26 Å². The highest BCUT2D eigenvalue weighted by Crippen LogP contribution is 2.18. The zero-order valence-electron chi connectivity index (χ0n) is 14.2. The number of halogens is 1. The molecule has 2 rings (SSSR count). The molecule has 0 aliphatic heterocycles. The van der Waals surface area contributed by atoms with Crippen LogP contribution in [0.25, 0.3) is 0 Å². The SMILES string of the molecule is N#C/C=C(\NCCSCc1nccs1)NCCSCc1ncccc1Cl. The lowest BCUT2D eigenvalue weighted by Crippen LogP contribution is -2.29. The predicted octanol–water partition coefficient (Wildman–Crippen LogP) is 3.90. The van der Waals surface area contributed by atoms with Crippen molar-refractivity contribution in [1.82, 2.24) is 20.6 Å². The lowest BCUT2D eigenvalue weighted by atomic mass is 10.4. The minimum atomic E-state index is 0.704. The van der Waals surface area contributed by atoms with Gasteiger partial charge in [0.2, 0.25) is 0 Å². The number of rotatable bonds is 12. The van der Waals surface area contributed by atoms with Gasteiger partial charge < -0.3 is 10.6 Å². The van der Waals surface area contributed by atoms with Gasteiger partial charge in [-0.2, -0.15) is 28.8 Å². The minimum Gasteiger partial charge on any atom is -0.370 e. The highest BCUT2D eigenvalue weighted by molar-refractivity contribution is 7.98. The summed E-state index contributed by atoms with van der Waals surface area (Å²) in [5, 5.41) is 19.3. The summed E-state index contributed by atoms with van der Waals surface area (Å²) < 4.78 is 0. The van der Waals surface area contributed by atoms with Gasteiger partial charge in [0.1, 0.15) is 10.8 Å². The van der Waals surface area contributed by atoms with E-state index in [2.05, 4.69) is 26.7 Å². The molecule has 9 heteroatoms. The molecule has 0 bridgehead atoms. The van der Waals surface area contributed by atoms with Crippen LogP contribution in [0.1, 0.15) is 10.7 Å². The molecule has 2 heterocycles. The van der Waals surface area contributed by atoms with Crippen molar-refractivity contribution in [2.24, 2.45) is 0 Å². The first-order valence-electron chi connectivity index (χ1n) is 8.00. The van der Waals surface area contributed by atoms with E-state index in [0.29, 0.717) is 5.02 Å². The molecule has 0 amide bonds. The summed E-state index contributed by atoms with van der Waals surface area (Å²) in [6.45, 7) is 1.56. The Balaban J connectivity index is 1.57. The highest BCUT2D eigenvalue weighted by Gasteiger charge is 2.01. The van der Waals surface area contributed by atoms with Crippen LogP contribution in [0.3, 0.4) is 0 Å². The van der Waals surface area contributed by atoms with Crippen molar-refractivity contribution >= 4 is 46.5 Å². The number of hydrogen-bond acceptors (Lipinski definition) is 8. The molecule has 138 valence electrons. The van der Waals surface area contributed by atoms with Crippen molar-refractivity contribution in [3.05, 3.63) is 57.5 Å². The molecule has 2 aromatic heterocycles. The van der Waals surface area contributed by atoms with Crippen LogP contribution >= 0.6 is 46.5 Å². The summed E-state index contributed by atoms with van der Waals surface area (Å²) in [4.78, 5) is 8.53. The van der Waals surface area contributed by atoms with Gasteiger partial charge in [-0.25, -0.2) is 4.98 Å². The van der Waals surface area contributed by atoms with E-state index < -0.39 is 0 Å². The van der Waals surface area contributed by atoms with Gasteiger partial charge in [-0.3, -0.25) is 4.98 Å². The average Bonchev–Trinajstić information content (AvgIpc) is 3.16. The quantitative estimate of drug-likeness (QED) is 0.394. The third kappa shape index (κ3) is 8.32. The molecule has 5 nitrogen and oxygen atoms in total. The summed E-state index contributed by atoms with van der Waals surface area (Å²) in [6.07, 6.45) is 5.09. The first-order chi connectivity index (χ1) is 12.8. The van der Waals surface area contributed by atoms with Gasteiger partial charge in [0.15, 0.2) is 0 Å². The normalized spacial score (nSPS) is 11.2. The molecule has 0 aliphatic rings. The van der Waals surface area contributed by atoms with Crippen LogP contribution in [0.2, 0.25) is 5.02 Å². The Labute approximate surface area is 171 Å². The Hall–Kier alpha value is -1.40. The standard InChI is InChI=1S/C17H20ClN5S3/c18-14-2-1-5-20-15(14)12-24-9-6-21-16(3-4-19)22-7-10-25-13-17-23-8-11-26-17/h1-3,5,8,11,21-22H,6-7,9-10,12-13H2/b16-3-. The van der Waals surface area contributed by atoms with Gasteiger partial charge in [0.25, 0.3) is 0 Å². The van der Waals surface area contributed by atoms with Gasteiger partial charge in [0, 0.05) is 53.9 Å². The Morgan fingerprint density at radius 1 is 1.19 bits per heavy atom. The van der Waals surface area contributed by atoms with E-state index in [0.717, 1.165) is 52.6 Å². The van der Waals surface area contributed by atoms with Crippen molar-refractivity contribution in [2.75, 3.05) is 24.6 Å². The number of nitriles is 1. The van der Waals surface area contributed by atoms with Gasteiger partial charge in [-0.05, 0) is 12.1 Å². The molecule has 0 spiro atoms. The van der Waals surface area contributed by atoms with Gasteiger partial charge >= 0.3 is 0 Å². The topological polar surface area (TPSA) is 73.6 Å². The number of thiazole rings is 1. The second-order valence-corrected chi connectivity index (χ2v) is 8.60. The average molecular weight is 426 g/mol. The fraction of sp³-hybridized carbons (Fsp3) is 0.353. The van der Waals surface area contributed by atoms with Crippen molar-refractivity contribution in [2.45, 2.75) is 11.5 Å². The van der Waals surface area contributed by atoms with E-state index in [9.17, 15) is 0 Å². The molecule has 0 aromatic carbocycles. The lowest BCUT2D eigenvalue weighted by molar-refractivity contribution is 0.728. The van der Waals surface area contributed by atoms with E-state index in [1.165, 1.54) is 6.08 Å². The van der Waals surface area contributed by atoms with Crippen molar-refractivity contribution in [3.8, 4) is 6.07 Å². The van der Waals surface area contributed by atoms with Crippen molar-refractivity contribution < 1.29 is 0 Å². The number of aromatic nitrogens is 2. The Bertz CT molecular complexity index is 715. The maximum Gasteiger partial charge on any atom is 0.109 e. The van der Waals surface area contributed by atoms with E-state index in [4.69, 9.17) is 16.9 Å². The van der Waals surface area contributed by atoms with E-state index in [-0.39, 0.29) is 0 Å². The Kier molecular flexibility index (Phi) is 10.4. The first kappa shape index (κ1) is 20.9. The van der Waals surface area contributed by atoms with E-state index >= 15 is 0 Å². The third-order valence-electron chi connectivity index (χ3n) is 3.12. The summed E-state index contributed by atoms with van der Waals surface area (Å²) in [7, 11) is 0. The third-order valence-corrected chi connectivity index (χ3v) is 6.36. The van der Waals surface area contributed by atoms with Crippen LogP contribution < -0.4 is 10.6 Å². The Morgan fingerprint density at radius 3 is 2.62 bits per heavy atom. The number of allylic oxidation sites excluding steroid dienone is 1. The van der Waals surface area contributed by atoms with Crippen LogP contribution in [0.4, 0.5) is 0 Å². The van der Waals surface area contributed by atoms with Crippen LogP contribution in [0.15, 0.2) is 41.8 Å². The summed E-state index contributed by atoms with van der Waals surface area (Å²) in [6, 6.07) is 5.75. The molecular weight excluding hydrogens is 406 g/mol. The highest BCUT2D eigenvalue weighted by atomic mass is 35.5. The molecule has 0 radical (unpaired) electrons. The lowest BCUT2D eigenvalue weighted by Gasteiger charge is -2.12. The van der Waals surface area contributed by atoms with Crippen molar-refractivity contribution in [3.63, 3.8) is 0 Å². The Morgan fingerprint density at radius 2 is 1.96 bits per heavy atom. The van der Waals surface area contributed by atoms with Gasteiger partial charge in [-0.15, -0.1) is 11.3 Å². The molecule has 0 saturated carbocycles. The monoisotopic (exact) mass is 425 g/mol. The molecule has 2 aromatic rings. The largest absolute Gasteiger partial charge is 0.370 e. The number of nitrogens with one attached hydrogen (secondary N) is 2. The fourth-order valence-corrected chi connectivity index (χ4v) is 4.57. The number of pyridine rings is 1. The number of nitrogens with zero attached hydrogens (tertiary/aromatic N) is 3. The molecule has 0 atom stereocenters. The summed E-state index contributed by atoms with van der Waals surface area (Å²) >= 11 is 11.3. The number of thioether (sulfide) groups is 2. The van der Waals surface area contributed by atoms with Crippen LogP contribution in [-0.4, -0.2) is 34.6 Å². The predicted molar refractivity (Wildman–Crippen MR) is 113 cm³/mol. The maximum absolute atomic E-state index is 8.90. The zero-order valence-corrected chi connectivity index (χ0v) is 17.4. The maximum atomic E-state index is 8.90. The second kappa shape index (κ2) is 12.9. The molecule has 0 fully saturated rings. The van der Waals surface area contributed by atoms with Gasteiger partial charge in [-0.1, -0.05) is 11.6 Å². The molecule has 0 saturated heterocycles. The van der Waals surface area contributed by atoms with E-state index in [1.807, 2.05) is 35.5 Å². The molecular formula is C17H20ClN5S3. The smallest absolute Gasteiger partial charge is 0.109 e. The molecule has 0 unspecified atom stereocenters. The summed E-state index contributed by atoms with van der Waals surface area (Å²) in [5.74, 6) is 4.32. The van der Waals surface area contributed by atoms with Gasteiger partial charge in [0.05, 0.1) is 22.9 Å². The fourth-order valence-electron chi connectivity index (χ4n) is 1.92. The van der Waals surface area contributed by atoms with Crippen LogP contribution in [-0.2, 0) is 11.5 Å². The van der Waals surface area contributed by atoms with Crippen LogP contribution in [0.5, 0.6) is 0 Å². The minimum absolute atomic E-state index is 0.704. The van der Waals surface area contributed by atoms with E-state index in [1.54, 1.807) is 29.3 Å².